The van der Waals surface area contributed by atoms with E-state index < -0.39 is 0 Å². The first-order valence-electron chi connectivity index (χ1n) is 5.33. The van der Waals surface area contributed by atoms with Crippen molar-refractivity contribution < 1.29 is 13.9 Å². The predicted octanol–water partition coefficient (Wildman–Crippen LogP) is 1.69. The number of hydrogen-bond donors (Lipinski definition) is 0. The van der Waals surface area contributed by atoms with E-state index in [-0.39, 0.29) is 17.8 Å². The molecule has 1 aromatic rings. The molecule has 1 aliphatic heterocycles. The molecule has 16 heavy (non-hydrogen) atoms. The molecule has 1 heterocycles. The van der Waals surface area contributed by atoms with E-state index in [0.717, 1.165) is 0 Å². The van der Waals surface area contributed by atoms with Gasteiger partial charge >= 0.3 is 0 Å². The summed E-state index contributed by atoms with van der Waals surface area (Å²) in [7, 11) is 0. The predicted molar refractivity (Wildman–Crippen MR) is 57.7 cm³/mol. The van der Waals surface area contributed by atoms with Gasteiger partial charge < -0.3 is 9.64 Å². The largest absolute Gasteiger partial charge is 0.375 e. The Kier molecular flexibility index (Phi) is 3.19. The third kappa shape index (κ3) is 2.39. The van der Waals surface area contributed by atoms with E-state index in [1.807, 2.05) is 6.92 Å². The van der Waals surface area contributed by atoms with Crippen molar-refractivity contribution in [2.45, 2.75) is 13.0 Å². The van der Waals surface area contributed by atoms with Crippen molar-refractivity contribution in [1.82, 2.24) is 4.90 Å². The number of hydrogen-bond acceptors (Lipinski definition) is 2. The first-order chi connectivity index (χ1) is 7.66. The van der Waals surface area contributed by atoms with Gasteiger partial charge in [0, 0.05) is 18.7 Å². The summed E-state index contributed by atoms with van der Waals surface area (Å²) < 4.78 is 18.1. The second kappa shape index (κ2) is 4.61. The molecule has 1 aromatic carbocycles. The number of amides is 1. The Morgan fingerprint density at radius 3 is 2.75 bits per heavy atom. The maximum absolute atomic E-state index is 12.7. The van der Waals surface area contributed by atoms with Gasteiger partial charge in [-0.25, -0.2) is 4.39 Å². The number of carbonyl (C=O) groups excluding carboxylic acids is 1. The van der Waals surface area contributed by atoms with Crippen LogP contribution in [-0.4, -0.2) is 36.6 Å². The van der Waals surface area contributed by atoms with Crippen molar-refractivity contribution in [1.29, 1.82) is 0 Å². The summed E-state index contributed by atoms with van der Waals surface area (Å²) >= 11 is 0. The second-order valence-electron chi connectivity index (χ2n) is 3.94. The lowest BCUT2D eigenvalue weighted by Gasteiger charge is -2.31. The van der Waals surface area contributed by atoms with Crippen LogP contribution in [0.2, 0.25) is 0 Å². The van der Waals surface area contributed by atoms with E-state index >= 15 is 0 Å². The molecule has 1 saturated heterocycles. The van der Waals surface area contributed by atoms with Crippen LogP contribution < -0.4 is 0 Å². The van der Waals surface area contributed by atoms with Crippen LogP contribution >= 0.6 is 0 Å². The molecule has 3 nitrogen and oxygen atoms in total. The number of morpholine rings is 1. The molecule has 0 bridgehead atoms. The average Bonchev–Trinajstić information content (AvgIpc) is 2.29. The molecule has 1 atom stereocenters. The minimum absolute atomic E-state index is 0.0600. The van der Waals surface area contributed by atoms with E-state index in [1.165, 1.54) is 24.3 Å². The van der Waals surface area contributed by atoms with E-state index in [1.54, 1.807) is 4.90 Å². The molecule has 4 heteroatoms. The Morgan fingerprint density at radius 1 is 1.44 bits per heavy atom. The molecule has 0 spiro atoms. The molecular weight excluding hydrogens is 209 g/mol. The molecule has 0 unspecified atom stereocenters. The van der Waals surface area contributed by atoms with Crippen LogP contribution in [0.25, 0.3) is 0 Å². The van der Waals surface area contributed by atoms with E-state index in [2.05, 4.69) is 0 Å². The fraction of sp³-hybridized carbons (Fsp3) is 0.417. The molecule has 0 saturated carbocycles. The van der Waals surface area contributed by atoms with Gasteiger partial charge in [-0.05, 0) is 31.2 Å². The number of nitrogens with zero attached hydrogens (tertiary/aromatic N) is 1. The minimum atomic E-state index is -0.327. The molecule has 0 N–H and O–H groups in total. The first kappa shape index (κ1) is 11.1. The zero-order chi connectivity index (χ0) is 11.5. The van der Waals surface area contributed by atoms with Crippen molar-refractivity contribution >= 4 is 5.91 Å². The van der Waals surface area contributed by atoms with Gasteiger partial charge in [-0.2, -0.15) is 0 Å². The molecule has 0 radical (unpaired) electrons. The van der Waals surface area contributed by atoms with Crippen LogP contribution in [-0.2, 0) is 4.74 Å². The lowest BCUT2D eigenvalue weighted by atomic mass is 10.1. The number of benzene rings is 1. The maximum atomic E-state index is 12.7. The van der Waals surface area contributed by atoms with Gasteiger partial charge in [0.1, 0.15) is 5.82 Å². The van der Waals surface area contributed by atoms with Crippen molar-refractivity contribution in [2.75, 3.05) is 19.7 Å². The number of ether oxygens (including phenoxy) is 1. The Bertz CT molecular complexity index is 377. The van der Waals surface area contributed by atoms with E-state index in [0.29, 0.717) is 25.3 Å². The highest BCUT2D eigenvalue weighted by molar-refractivity contribution is 5.94. The Morgan fingerprint density at radius 2 is 2.12 bits per heavy atom. The molecule has 1 fully saturated rings. The van der Waals surface area contributed by atoms with Gasteiger partial charge in [-0.3, -0.25) is 4.79 Å². The van der Waals surface area contributed by atoms with E-state index in [9.17, 15) is 9.18 Å². The monoisotopic (exact) mass is 223 g/mol. The molecular formula is C12H14FNO2. The van der Waals surface area contributed by atoms with Gasteiger partial charge in [0.05, 0.1) is 12.7 Å². The molecule has 0 aromatic heterocycles. The number of halogens is 1. The highest BCUT2D eigenvalue weighted by Gasteiger charge is 2.22. The lowest BCUT2D eigenvalue weighted by Crippen LogP contribution is -2.44. The zero-order valence-electron chi connectivity index (χ0n) is 9.15. The quantitative estimate of drug-likeness (QED) is 0.725. The molecule has 1 aliphatic rings. The van der Waals surface area contributed by atoms with Gasteiger partial charge in [-0.15, -0.1) is 0 Å². The van der Waals surface area contributed by atoms with Gasteiger partial charge in [0.25, 0.3) is 5.91 Å². The highest BCUT2D eigenvalue weighted by atomic mass is 19.1. The van der Waals surface area contributed by atoms with Crippen LogP contribution in [0.1, 0.15) is 17.3 Å². The number of rotatable bonds is 1. The standard InChI is InChI=1S/C12H14FNO2/c1-9-8-14(6-7-16-9)12(15)10-2-4-11(13)5-3-10/h2-5,9H,6-8H2,1H3/t9-/m0/s1. The SMILES string of the molecule is C[C@H]1CN(C(=O)c2ccc(F)cc2)CCO1. The van der Waals surface area contributed by atoms with Crippen molar-refractivity contribution in [3.05, 3.63) is 35.6 Å². The van der Waals surface area contributed by atoms with Gasteiger partial charge in [0.2, 0.25) is 0 Å². The van der Waals surface area contributed by atoms with Crippen molar-refractivity contribution in [3.63, 3.8) is 0 Å². The van der Waals surface area contributed by atoms with Crippen LogP contribution in [0.5, 0.6) is 0 Å². The maximum Gasteiger partial charge on any atom is 0.254 e. The zero-order valence-corrected chi connectivity index (χ0v) is 9.15. The summed E-state index contributed by atoms with van der Waals surface area (Å²) in [6.45, 7) is 3.69. The summed E-state index contributed by atoms with van der Waals surface area (Å²) in [5, 5.41) is 0. The lowest BCUT2D eigenvalue weighted by molar-refractivity contribution is -0.0124. The van der Waals surface area contributed by atoms with Crippen LogP contribution in [0.4, 0.5) is 4.39 Å². The summed E-state index contributed by atoms with van der Waals surface area (Å²) in [6.07, 6.45) is 0.0677. The Hall–Kier alpha value is -1.42. The Balaban J connectivity index is 2.09. The van der Waals surface area contributed by atoms with Gasteiger partial charge in [0.15, 0.2) is 0 Å². The summed E-state index contributed by atoms with van der Waals surface area (Å²) in [6, 6.07) is 5.63. The smallest absolute Gasteiger partial charge is 0.254 e. The third-order valence-electron chi connectivity index (χ3n) is 2.62. The summed E-state index contributed by atoms with van der Waals surface area (Å²) in [5.74, 6) is -0.387. The fourth-order valence-electron chi connectivity index (χ4n) is 1.78. The van der Waals surface area contributed by atoms with Crippen LogP contribution in [0.3, 0.4) is 0 Å². The summed E-state index contributed by atoms with van der Waals surface area (Å²) in [4.78, 5) is 13.7. The molecule has 2 rings (SSSR count). The Labute approximate surface area is 93.8 Å². The summed E-state index contributed by atoms with van der Waals surface area (Å²) in [5.41, 5.74) is 0.524. The number of carbonyl (C=O) groups is 1. The highest BCUT2D eigenvalue weighted by Crippen LogP contribution is 2.11. The first-order valence-corrected chi connectivity index (χ1v) is 5.33. The van der Waals surface area contributed by atoms with Gasteiger partial charge in [-0.1, -0.05) is 0 Å². The minimum Gasteiger partial charge on any atom is -0.375 e. The molecule has 86 valence electrons. The topological polar surface area (TPSA) is 29.5 Å². The van der Waals surface area contributed by atoms with Crippen LogP contribution in [0, 0.1) is 5.82 Å². The van der Waals surface area contributed by atoms with Crippen molar-refractivity contribution in [3.8, 4) is 0 Å². The normalized spacial score (nSPS) is 20.9. The molecule has 0 aliphatic carbocycles. The average molecular weight is 223 g/mol. The van der Waals surface area contributed by atoms with Crippen LogP contribution in [0.15, 0.2) is 24.3 Å². The second-order valence-corrected chi connectivity index (χ2v) is 3.94. The molecule has 1 amide bonds. The van der Waals surface area contributed by atoms with Crippen molar-refractivity contribution in [2.24, 2.45) is 0 Å². The van der Waals surface area contributed by atoms with E-state index in [4.69, 9.17) is 4.74 Å². The fourth-order valence-corrected chi connectivity index (χ4v) is 1.78. The third-order valence-corrected chi connectivity index (χ3v) is 2.62.